The van der Waals surface area contributed by atoms with Crippen LogP contribution in [0.3, 0.4) is 0 Å². The Kier molecular flexibility index (Phi) is 4.18. The molecule has 0 spiro atoms. The molecule has 5 heteroatoms. The van der Waals surface area contributed by atoms with Gasteiger partial charge in [0, 0.05) is 23.6 Å². The average molecular weight is 405 g/mol. The quantitative estimate of drug-likeness (QED) is 0.719. The van der Waals surface area contributed by atoms with Crippen LogP contribution in [0.15, 0.2) is 42.5 Å². The summed E-state index contributed by atoms with van der Waals surface area (Å²) in [6.45, 7) is 1.39. The number of fused-ring (bicyclic) bond motifs is 3. The molecule has 0 N–H and O–H groups in total. The highest BCUT2D eigenvalue weighted by molar-refractivity contribution is 5.69. The molecule has 0 aromatic heterocycles. The maximum absolute atomic E-state index is 13.1. The number of benzene rings is 2. The van der Waals surface area contributed by atoms with Gasteiger partial charge in [-0.25, -0.2) is 4.79 Å². The fraction of sp³-hybridized carbons (Fsp3) is 0.480. The Labute approximate surface area is 176 Å². The van der Waals surface area contributed by atoms with Gasteiger partial charge < -0.3 is 19.1 Å². The molecule has 156 valence electrons. The van der Waals surface area contributed by atoms with Crippen LogP contribution in [-0.2, 0) is 23.2 Å². The minimum Gasteiger partial charge on any atom is -0.454 e. The Morgan fingerprint density at radius 3 is 2.90 bits per heavy atom. The fourth-order valence-electron chi connectivity index (χ4n) is 6.51. The number of hydrogen-bond donors (Lipinski definition) is 0. The minimum atomic E-state index is -0.174. The van der Waals surface area contributed by atoms with Crippen molar-refractivity contribution in [3.63, 3.8) is 0 Å². The third-order valence-electron chi connectivity index (χ3n) is 7.75. The van der Waals surface area contributed by atoms with E-state index in [9.17, 15) is 4.79 Å². The summed E-state index contributed by atoms with van der Waals surface area (Å²) in [5, 5.41) is 0. The van der Waals surface area contributed by atoms with Crippen LogP contribution >= 0.6 is 0 Å². The highest BCUT2D eigenvalue weighted by Crippen LogP contribution is 2.60. The number of nitrogens with zero attached hydrogens (tertiary/aromatic N) is 1. The fourth-order valence-corrected chi connectivity index (χ4v) is 6.51. The van der Waals surface area contributed by atoms with Gasteiger partial charge in [0.15, 0.2) is 11.5 Å². The lowest BCUT2D eigenvalue weighted by Gasteiger charge is -2.58. The zero-order chi connectivity index (χ0) is 20.1. The maximum Gasteiger partial charge on any atom is 0.410 e. The second kappa shape index (κ2) is 6.93. The Hall–Kier alpha value is -2.69. The molecule has 1 saturated heterocycles. The van der Waals surface area contributed by atoms with Gasteiger partial charge in [-0.3, -0.25) is 0 Å². The molecule has 2 aromatic carbocycles. The van der Waals surface area contributed by atoms with Gasteiger partial charge >= 0.3 is 6.09 Å². The molecule has 0 radical (unpaired) electrons. The summed E-state index contributed by atoms with van der Waals surface area (Å²) in [6.07, 6.45) is 6.49. The van der Waals surface area contributed by atoms with Gasteiger partial charge in [-0.15, -0.1) is 0 Å². The van der Waals surface area contributed by atoms with Crippen molar-refractivity contribution in [2.75, 3.05) is 13.3 Å². The summed E-state index contributed by atoms with van der Waals surface area (Å²) < 4.78 is 17.4. The van der Waals surface area contributed by atoms with Gasteiger partial charge in [-0.1, -0.05) is 49.2 Å². The second-order valence-corrected chi connectivity index (χ2v) is 9.10. The second-order valence-electron chi connectivity index (χ2n) is 9.10. The lowest BCUT2D eigenvalue weighted by Crippen LogP contribution is -2.62. The molecule has 5 nitrogen and oxygen atoms in total. The molecule has 0 unspecified atom stereocenters. The van der Waals surface area contributed by atoms with Crippen LogP contribution in [0.5, 0.6) is 11.5 Å². The molecular weight excluding hydrogens is 378 g/mol. The predicted octanol–water partition coefficient (Wildman–Crippen LogP) is 4.81. The Balaban J connectivity index is 1.32. The molecule has 2 aromatic rings. The summed E-state index contributed by atoms with van der Waals surface area (Å²) in [5.41, 5.74) is 3.83. The van der Waals surface area contributed by atoms with Gasteiger partial charge in [0.25, 0.3) is 0 Å². The van der Waals surface area contributed by atoms with E-state index in [1.165, 1.54) is 30.4 Å². The molecule has 1 saturated carbocycles. The van der Waals surface area contributed by atoms with Crippen molar-refractivity contribution in [2.45, 2.75) is 56.6 Å². The van der Waals surface area contributed by atoms with Crippen molar-refractivity contribution in [3.8, 4) is 11.5 Å². The molecule has 2 bridgehead atoms. The van der Waals surface area contributed by atoms with Crippen molar-refractivity contribution >= 4 is 6.09 Å². The molecule has 2 heterocycles. The first-order valence-corrected chi connectivity index (χ1v) is 11.2. The topological polar surface area (TPSA) is 48.0 Å². The lowest BCUT2D eigenvalue weighted by atomic mass is 9.52. The van der Waals surface area contributed by atoms with Gasteiger partial charge in [-0.2, -0.15) is 0 Å². The van der Waals surface area contributed by atoms with Crippen molar-refractivity contribution in [1.82, 2.24) is 4.90 Å². The van der Waals surface area contributed by atoms with E-state index in [-0.39, 0.29) is 17.6 Å². The van der Waals surface area contributed by atoms with Gasteiger partial charge in [-0.05, 0) is 48.8 Å². The highest BCUT2D eigenvalue weighted by atomic mass is 16.7. The number of hydrogen-bond acceptors (Lipinski definition) is 4. The van der Waals surface area contributed by atoms with Crippen molar-refractivity contribution in [2.24, 2.45) is 5.92 Å². The van der Waals surface area contributed by atoms with E-state index in [1.54, 1.807) is 0 Å². The lowest BCUT2D eigenvalue weighted by molar-refractivity contribution is -0.0146. The molecule has 2 aliphatic heterocycles. The normalized spacial score (nSPS) is 28.5. The maximum atomic E-state index is 13.1. The van der Waals surface area contributed by atoms with E-state index in [4.69, 9.17) is 14.2 Å². The number of likely N-dealkylation sites (tertiary alicyclic amines) is 1. The Morgan fingerprint density at radius 1 is 1.10 bits per heavy atom. The van der Waals surface area contributed by atoms with Crippen molar-refractivity contribution in [3.05, 3.63) is 59.2 Å². The number of ether oxygens (including phenoxy) is 3. The van der Waals surface area contributed by atoms with Crippen LogP contribution in [0.2, 0.25) is 0 Å². The van der Waals surface area contributed by atoms with E-state index in [2.05, 4.69) is 6.07 Å². The van der Waals surface area contributed by atoms with E-state index < -0.39 is 0 Å². The summed E-state index contributed by atoms with van der Waals surface area (Å²) in [5.74, 6) is 2.32. The molecule has 1 amide bonds. The number of carbonyl (C=O) groups excluding carboxylic acids is 1. The van der Waals surface area contributed by atoms with Crippen molar-refractivity contribution in [1.29, 1.82) is 0 Å². The highest BCUT2D eigenvalue weighted by Gasteiger charge is 2.56. The summed E-state index contributed by atoms with van der Waals surface area (Å²) in [4.78, 5) is 15.1. The van der Waals surface area contributed by atoms with Crippen LogP contribution in [0.25, 0.3) is 0 Å². The first-order chi connectivity index (χ1) is 14.8. The van der Waals surface area contributed by atoms with Crippen LogP contribution in [-0.4, -0.2) is 30.4 Å². The molecule has 2 fully saturated rings. The van der Waals surface area contributed by atoms with E-state index >= 15 is 0 Å². The molecule has 3 atom stereocenters. The largest absolute Gasteiger partial charge is 0.454 e. The predicted molar refractivity (Wildman–Crippen MR) is 112 cm³/mol. The van der Waals surface area contributed by atoms with Crippen LogP contribution < -0.4 is 9.47 Å². The van der Waals surface area contributed by atoms with Gasteiger partial charge in [0.05, 0.1) is 0 Å². The number of carbonyl (C=O) groups is 1. The van der Waals surface area contributed by atoms with Crippen LogP contribution in [0.1, 0.15) is 48.8 Å². The Bertz CT molecular complexity index is 975. The summed E-state index contributed by atoms with van der Waals surface area (Å²) >= 11 is 0. The molecule has 2 aliphatic carbocycles. The smallest absolute Gasteiger partial charge is 0.410 e. The first-order valence-electron chi connectivity index (χ1n) is 11.2. The molecular formula is C25H27NO4. The summed E-state index contributed by atoms with van der Waals surface area (Å²) in [6, 6.07) is 14.4. The monoisotopic (exact) mass is 405 g/mol. The minimum absolute atomic E-state index is 0.103. The number of rotatable bonds is 2. The van der Waals surface area contributed by atoms with E-state index in [1.807, 2.05) is 41.3 Å². The summed E-state index contributed by atoms with van der Waals surface area (Å²) in [7, 11) is 0. The zero-order valence-electron chi connectivity index (χ0n) is 17.1. The van der Waals surface area contributed by atoms with E-state index in [0.717, 1.165) is 42.9 Å². The molecule has 6 rings (SSSR count). The third kappa shape index (κ3) is 2.64. The van der Waals surface area contributed by atoms with E-state index in [0.29, 0.717) is 19.3 Å². The SMILES string of the molecule is O=C(OCc1ccccc1)N1CC[C@@]23CCCC[C@@H]2[C@@H]1Cc1ccc2c(c13)OCO2. The Morgan fingerprint density at radius 2 is 2.00 bits per heavy atom. The third-order valence-corrected chi connectivity index (χ3v) is 7.75. The van der Waals surface area contributed by atoms with Gasteiger partial charge in [0.1, 0.15) is 6.61 Å². The van der Waals surface area contributed by atoms with Gasteiger partial charge in [0.2, 0.25) is 6.79 Å². The number of piperidine rings is 1. The van der Waals surface area contributed by atoms with Crippen LogP contribution in [0.4, 0.5) is 4.79 Å². The zero-order valence-corrected chi connectivity index (χ0v) is 17.1. The molecule has 30 heavy (non-hydrogen) atoms. The first kappa shape index (κ1) is 18.1. The standard InChI is InChI=1S/C25H27NO4/c27-24(28-15-17-6-2-1-3-7-17)26-13-12-25-11-5-4-8-19(25)20(26)14-18-9-10-21-23(22(18)25)30-16-29-21/h1-3,6-7,9-10,19-20H,4-5,8,11-16H2/t19-,20+,25+/m1/s1. The average Bonchev–Trinajstić information content (AvgIpc) is 3.26. The van der Waals surface area contributed by atoms with Crippen LogP contribution in [0, 0.1) is 5.92 Å². The molecule has 4 aliphatic rings. The number of amides is 1. The van der Waals surface area contributed by atoms with Crippen molar-refractivity contribution < 1.29 is 19.0 Å².